The standard InChI is InChI=1S/C18H15P.C7H5.3CO.BrH.W/c1-4-10-16(11-5-1)19(17-12-6-2-7-13-17)18-14-8-3-9-15-18;1-7-5-3-2-4-6-7;3*1-2;;/h1-15H;2-6H;;;;1H;/q;;;;;;+1/p-1. The molecule has 4 aromatic rings. The van der Waals surface area contributed by atoms with Gasteiger partial charge in [0.05, 0.1) is 0 Å². The van der Waals surface area contributed by atoms with Gasteiger partial charge in [-0.25, -0.2) is 0 Å². The van der Waals surface area contributed by atoms with Crippen LogP contribution < -0.4 is 15.9 Å². The van der Waals surface area contributed by atoms with Crippen LogP contribution in [0.4, 0.5) is 0 Å². The molecule has 34 heavy (non-hydrogen) atoms. The maximum atomic E-state index is 7.50. The summed E-state index contributed by atoms with van der Waals surface area (Å²) in [5, 5.41) is 4.19. The van der Waals surface area contributed by atoms with E-state index >= 15 is 0 Å². The van der Waals surface area contributed by atoms with Gasteiger partial charge in [0.1, 0.15) is 0 Å². The average Bonchev–Trinajstić information content (AvgIpc) is 2.95. The van der Waals surface area contributed by atoms with Gasteiger partial charge in [0.15, 0.2) is 0 Å². The molecule has 0 bridgehead atoms. The minimum absolute atomic E-state index is 0.427. The number of rotatable bonds is 3. The van der Waals surface area contributed by atoms with E-state index in [2.05, 4.69) is 141 Å². The summed E-state index contributed by atoms with van der Waals surface area (Å²) in [5.74, 6) is 0. The van der Waals surface area contributed by atoms with Crippen LogP contribution >= 0.6 is 21.2 Å². The molecule has 0 aliphatic rings. The zero-order valence-electron chi connectivity index (χ0n) is 18.0. The van der Waals surface area contributed by atoms with Crippen LogP contribution in [0.3, 0.4) is 0 Å². The van der Waals surface area contributed by atoms with Gasteiger partial charge < -0.3 is 0 Å². The molecule has 3 nitrogen and oxygen atoms in total. The summed E-state index contributed by atoms with van der Waals surface area (Å²) < 4.78 is 25.8. The Hall–Kier alpha value is -2.52. The molecule has 0 aliphatic heterocycles. The van der Waals surface area contributed by atoms with Crippen LogP contribution in [0, 0.1) is 24.2 Å². The largest absolute Gasteiger partial charge is 0.0622 e. The zero-order chi connectivity index (χ0) is 25.4. The minimum atomic E-state index is -0.446. The predicted molar refractivity (Wildman–Crippen MR) is 135 cm³/mol. The van der Waals surface area contributed by atoms with Crippen LogP contribution in [0.2, 0.25) is 0 Å². The quantitative estimate of drug-likeness (QED) is 0.150. The van der Waals surface area contributed by atoms with Gasteiger partial charge >= 0.3 is 103 Å². The van der Waals surface area contributed by atoms with Gasteiger partial charge in [-0.1, -0.05) is 91.0 Å². The van der Waals surface area contributed by atoms with Gasteiger partial charge in [0.25, 0.3) is 0 Å². The first-order valence-electron chi connectivity index (χ1n) is 9.53. The van der Waals surface area contributed by atoms with Crippen molar-refractivity contribution in [1.82, 2.24) is 0 Å². The maximum Gasteiger partial charge on any atom is -0.0134 e. The SMILES string of the molecule is [Br][W]#[C]c1ccccc1.[C-]#[O+].[C-]#[O+].[C-]#[O+].c1ccc(P(c2ccccc2)c2ccccc2)cc1. The van der Waals surface area contributed by atoms with Crippen molar-refractivity contribution in [2.75, 3.05) is 0 Å². The molecule has 0 radical (unpaired) electrons. The van der Waals surface area contributed by atoms with Crippen LogP contribution in [0.5, 0.6) is 0 Å². The van der Waals surface area contributed by atoms with Crippen molar-refractivity contribution >= 4 is 37.1 Å². The Bertz CT molecular complexity index is 1050. The summed E-state index contributed by atoms with van der Waals surface area (Å²) >= 11 is 3.01. The van der Waals surface area contributed by atoms with Crippen molar-refractivity contribution in [3.8, 4) is 4.20 Å². The van der Waals surface area contributed by atoms with Gasteiger partial charge in [-0.2, -0.15) is 0 Å². The molecule has 6 heteroatoms. The van der Waals surface area contributed by atoms with E-state index in [0.29, 0.717) is 0 Å². The van der Waals surface area contributed by atoms with E-state index in [0.717, 1.165) is 0 Å². The average molecular weight is 699 g/mol. The van der Waals surface area contributed by atoms with Gasteiger partial charge in [0, 0.05) is 0 Å². The molecule has 0 saturated carbocycles. The molecule has 0 aliphatic carbocycles. The second-order valence-electron chi connectivity index (χ2n) is 5.89. The minimum Gasteiger partial charge on any atom is -0.0622 e. The molecule has 0 fully saturated rings. The van der Waals surface area contributed by atoms with Crippen molar-refractivity contribution in [2.45, 2.75) is 0 Å². The van der Waals surface area contributed by atoms with E-state index in [1.54, 1.807) is 0 Å². The molecule has 0 aromatic heterocycles. The Balaban J connectivity index is 0.000000612. The number of benzene rings is 4. The van der Waals surface area contributed by atoms with E-state index in [9.17, 15) is 0 Å². The molecule has 0 atom stereocenters. The first-order valence-corrected chi connectivity index (χ1v) is 18.8. The van der Waals surface area contributed by atoms with Crippen molar-refractivity contribution in [3.63, 3.8) is 0 Å². The first kappa shape index (κ1) is 31.5. The Labute approximate surface area is 217 Å². The zero-order valence-corrected chi connectivity index (χ0v) is 23.4. The monoisotopic (exact) mass is 698 g/mol. The summed E-state index contributed by atoms with van der Waals surface area (Å²) in [5.41, 5.74) is 1.22. The molecule has 0 unspecified atom stereocenters. The summed E-state index contributed by atoms with van der Waals surface area (Å²) in [7, 11) is -0.446. The van der Waals surface area contributed by atoms with Gasteiger partial charge in [-0.05, 0) is 23.8 Å². The Morgan fingerprint density at radius 2 is 0.765 bits per heavy atom. The van der Waals surface area contributed by atoms with Gasteiger partial charge in [-0.15, -0.1) is 0 Å². The van der Waals surface area contributed by atoms with Crippen molar-refractivity contribution in [3.05, 3.63) is 147 Å². The third-order valence-electron chi connectivity index (χ3n) is 3.97. The number of hydrogen-bond donors (Lipinski definition) is 0. The van der Waals surface area contributed by atoms with E-state index in [4.69, 9.17) is 14.0 Å². The number of halogens is 1. The normalized spacial score (nSPS) is 8.24. The van der Waals surface area contributed by atoms with Crippen LogP contribution in [0.25, 0.3) is 0 Å². The second-order valence-corrected chi connectivity index (χ2v) is 12.0. The van der Waals surface area contributed by atoms with Crippen LogP contribution in [-0.2, 0) is 29.8 Å². The smallest absolute Gasteiger partial charge is 0.0134 e. The first-order chi connectivity index (χ1) is 16.9. The molecular formula is C28H20BrO3PW. The van der Waals surface area contributed by atoms with Crippen LogP contribution in [-0.4, -0.2) is 0 Å². The van der Waals surface area contributed by atoms with E-state index in [-0.39, 0.29) is 0 Å². The molecule has 168 valence electrons. The third kappa shape index (κ3) is 12.1. The molecule has 4 rings (SSSR count). The summed E-state index contributed by atoms with van der Waals surface area (Å²) in [6.07, 6.45) is 0. The van der Waals surface area contributed by atoms with Crippen molar-refractivity contribution in [1.29, 1.82) is 0 Å². The topological polar surface area (TPSA) is 59.7 Å². The molecule has 0 spiro atoms. The summed E-state index contributed by atoms with van der Waals surface area (Å²) in [6, 6.07) is 42.5. The summed E-state index contributed by atoms with van der Waals surface area (Å²) in [6.45, 7) is 13.5. The Morgan fingerprint density at radius 3 is 1.03 bits per heavy atom. The van der Waals surface area contributed by atoms with E-state index in [1.807, 2.05) is 18.2 Å². The van der Waals surface area contributed by atoms with E-state index < -0.39 is 23.8 Å². The predicted octanol–water partition coefficient (Wildman–Crippen LogP) is 5.72. The molecule has 0 N–H and O–H groups in total. The fraction of sp³-hybridized carbons (Fsp3) is 0. The van der Waals surface area contributed by atoms with Crippen LogP contribution in [0.1, 0.15) is 5.56 Å². The molecule has 0 amide bonds. The second kappa shape index (κ2) is 22.3. The van der Waals surface area contributed by atoms with Gasteiger partial charge in [0.2, 0.25) is 0 Å². The van der Waals surface area contributed by atoms with E-state index in [1.165, 1.54) is 21.5 Å². The molecular weight excluding hydrogens is 679 g/mol. The molecule has 4 aromatic carbocycles. The number of hydrogen-bond acceptors (Lipinski definition) is 0. The Kier molecular flexibility index (Phi) is 20.6. The molecule has 0 saturated heterocycles. The fourth-order valence-electron chi connectivity index (χ4n) is 2.73. The fourth-order valence-corrected chi connectivity index (χ4v) is 7.37. The summed E-state index contributed by atoms with van der Waals surface area (Å²) in [4.78, 5) is 0. The maximum absolute atomic E-state index is 7.50. The van der Waals surface area contributed by atoms with Crippen LogP contribution in [0.15, 0.2) is 121 Å². The Morgan fingerprint density at radius 1 is 0.500 bits per heavy atom. The molecule has 0 heterocycles. The van der Waals surface area contributed by atoms with Crippen molar-refractivity contribution < 1.29 is 29.8 Å². The van der Waals surface area contributed by atoms with Crippen molar-refractivity contribution in [2.24, 2.45) is 0 Å². The third-order valence-corrected chi connectivity index (χ3v) is 8.87. The van der Waals surface area contributed by atoms with Gasteiger partial charge in [-0.3, -0.25) is 0 Å².